The van der Waals surface area contributed by atoms with Crippen LogP contribution in [0.15, 0.2) is 72.8 Å². The van der Waals surface area contributed by atoms with Crippen LogP contribution < -0.4 is 10.6 Å². The van der Waals surface area contributed by atoms with Gasteiger partial charge in [0.15, 0.2) is 0 Å². The van der Waals surface area contributed by atoms with E-state index in [4.69, 9.17) is 16.7 Å². The Labute approximate surface area is 187 Å². The summed E-state index contributed by atoms with van der Waals surface area (Å²) in [5.41, 5.74) is 3.87. The molecular weight excluding hydrogens is 423 g/mol. The number of nitrogens with one attached hydrogen (secondary N) is 2. The first-order valence-electron chi connectivity index (χ1n) is 9.35. The molecule has 0 heterocycles. The summed E-state index contributed by atoms with van der Waals surface area (Å²) in [6.07, 6.45) is -0.602. The van der Waals surface area contributed by atoms with Gasteiger partial charge in [0.25, 0.3) is 0 Å². The standard InChI is InChI=1S/C23H23ClN2O3.ClH/c24-20-6-2-4-18(14-20)22(27)15-25-11-12-26-21-9-7-16(8-10-21)17-3-1-5-19(13-17)23(28)29;/h1-10,13-14,22,25-27H,11-12,15H2,(H,28,29);1H/t22-;/m0./s1. The van der Waals surface area contributed by atoms with Crippen LogP contribution in [0.1, 0.15) is 22.0 Å². The van der Waals surface area contributed by atoms with Crippen LogP contribution in [-0.2, 0) is 0 Å². The van der Waals surface area contributed by atoms with E-state index in [9.17, 15) is 9.90 Å². The molecule has 3 rings (SSSR count). The molecule has 0 aliphatic heterocycles. The fourth-order valence-electron chi connectivity index (χ4n) is 2.98. The number of aliphatic hydroxyl groups is 1. The number of hydrogen-bond acceptors (Lipinski definition) is 4. The normalized spacial score (nSPS) is 11.4. The molecule has 3 aromatic rings. The van der Waals surface area contributed by atoms with Crippen molar-refractivity contribution in [2.45, 2.75) is 6.10 Å². The number of carboxylic acids is 1. The van der Waals surface area contributed by atoms with E-state index >= 15 is 0 Å². The van der Waals surface area contributed by atoms with Crippen LogP contribution in [0.25, 0.3) is 11.1 Å². The number of carbonyl (C=O) groups is 1. The number of hydrogen-bond donors (Lipinski definition) is 4. The predicted octanol–water partition coefficient (Wildman–Crippen LogP) is 4.86. The van der Waals surface area contributed by atoms with E-state index in [2.05, 4.69) is 10.6 Å². The number of aliphatic hydroxyl groups excluding tert-OH is 1. The van der Waals surface area contributed by atoms with Gasteiger partial charge in [0, 0.05) is 30.3 Å². The molecule has 0 saturated carbocycles. The lowest BCUT2D eigenvalue weighted by Gasteiger charge is -2.13. The maximum atomic E-state index is 11.1. The van der Waals surface area contributed by atoms with Gasteiger partial charge in [-0.15, -0.1) is 12.4 Å². The highest BCUT2D eigenvalue weighted by molar-refractivity contribution is 6.30. The van der Waals surface area contributed by atoms with Gasteiger partial charge in [0.05, 0.1) is 11.7 Å². The molecule has 0 aliphatic rings. The van der Waals surface area contributed by atoms with Crippen molar-refractivity contribution < 1.29 is 15.0 Å². The first-order chi connectivity index (χ1) is 14.0. The highest BCUT2D eigenvalue weighted by Crippen LogP contribution is 2.22. The third-order valence-electron chi connectivity index (χ3n) is 4.53. The quantitative estimate of drug-likeness (QED) is 0.352. The average molecular weight is 447 g/mol. The Morgan fingerprint density at radius 3 is 2.37 bits per heavy atom. The van der Waals surface area contributed by atoms with Gasteiger partial charge in [-0.2, -0.15) is 0 Å². The highest BCUT2D eigenvalue weighted by Gasteiger charge is 2.07. The molecule has 0 bridgehead atoms. The summed E-state index contributed by atoms with van der Waals surface area (Å²) in [5, 5.41) is 26.4. The number of aromatic carboxylic acids is 1. The zero-order valence-corrected chi connectivity index (χ0v) is 17.8. The van der Waals surface area contributed by atoms with Crippen LogP contribution in [-0.4, -0.2) is 35.8 Å². The fraction of sp³-hybridized carbons (Fsp3) is 0.174. The Kier molecular flexibility index (Phi) is 9.15. The van der Waals surface area contributed by atoms with Crippen LogP contribution in [0.3, 0.4) is 0 Å². The second-order valence-corrected chi connectivity index (χ2v) is 7.10. The molecule has 0 amide bonds. The van der Waals surface area contributed by atoms with Gasteiger partial charge >= 0.3 is 5.97 Å². The number of anilines is 1. The van der Waals surface area contributed by atoms with E-state index < -0.39 is 12.1 Å². The van der Waals surface area contributed by atoms with Crippen molar-refractivity contribution in [3.8, 4) is 11.1 Å². The maximum Gasteiger partial charge on any atom is 0.335 e. The van der Waals surface area contributed by atoms with Crippen molar-refractivity contribution in [2.24, 2.45) is 0 Å². The lowest BCUT2D eigenvalue weighted by Crippen LogP contribution is -2.26. The minimum atomic E-state index is -0.932. The van der Waals surface area contributed by atoms with E-state index in [0.29, 0.717) is 24.7 Å². The SMILES string of the molecule is Cl.O=C(O)c1cccc(-c2ccc(NCCNC[C@H](O)c3cccc(Cl)c3)cc2)c1. The molecule has 7 heteroatoms. The Hall–Kier alpha value is -2.57. The molecule has 0 saturated heterocycles. The van der Waals surface area contributed by atoms with Crippen LogP contribution in [0.5, 0.6) is 0 Å². The van der Waals surface area contributed by atoms with Crippen LogP contribution in [0, 0.1) is 0 Å². The lowest BCUT2D eigenvalue weighted by molar-refractivity contribution is 0.0697. The molecule has 0 aromatic heterocycles. The monoisotopic (exact) mass is 446 g/mol. The molecule has 0 aliphatic carbocycles. The predicted molar refractivity (Wildman–Crippen MR) is 124 cm³/mol. The van der Waals surface area contributed by atoms with Gasteiger partial charge in [-0.25, -0.2) is 4.79 Å². The van der Waals surface area contributed by atoms with Crippen molar-refractivity contribution in [2.75, 3.05) is 25.0 Å². The first-order valence-corrected chi connectivity index (χ1v) is 9.72. The van der Waals surface area contributed by atoms with Gasteiger partial charge in [0.1, 0.15) is 0 Å². The number of rotatable bonds is 9. The third kappa shape index (κ3) is 6.75. The van der Waals surface area contributed by atoms with Crippen molar-refractivity contribution in [1.82, 2.24) is 5.32 Å². The minimum absolute atomic E-state index is 0. The summed E-state index contributed by atoms with van der Waals surface area (Å²) in [4.78, 5) is 11.1. The zero-order valence-electron chi connectivity index (χ0n) is 16.2. The van der Waals surface area contributed by atoms with Crippen LogP contribution in [0.2, 0.25) is 5.02 Å². The van der Waals surface area contributed by atoms with Gasteiger partial charge < -0.3 is 20.8 Å². The van der Waals surface area contributed by atoms with E-state index in [0.717, 1.165) is 22.4 Å². The Morgan fingerprint density at radius 2 is 1.67 bits per heavy atom. The van der Waals surface area contributed by atoms with Gasteiger partial charge in [-0.3, -0.25) is 0 Å². The minimum Gasteiger partial charge on any atom is -0.478 e. The number of carboxylic acid groups (broad SMARTS) is 1. The van der Waals surface area contributed by atoms with Crippen molar-refractivity contribution in [1.29, 1.82) is 0 Å². The number of halogens is 2. The molecule has 0 spiro atoms. The van der Waals surface area contributed by atoms with E-state index in [1.165, 1.54) is 0 Å². The second-order valence-electron chi connectivity index (χ2n) is 6.67. The summed E-state index contributed by atoms with van der Waals surface area (Å²) in [6.45, 7) is 1.84. The van der Waals surface area contributed by atoms with Crippen molar-refractivity contribution in [3.63, 3.8) is 0 Å². The second kappa shape index (κ2) is 11.6. The Bertz CT molecular complexity index is 965. The van der Waals surface area contributed by atoms with Crippen molar-refractivity contribution in [3.05, 3.63) is 88.9 Å². The summed E-state index contributed by atoms with van der Waals surface area (Å²) < 4.78 is 0. The van der Waals surface area contributed by atoms with E-state index in [1.54, 1.807) is 30.3 Å². The first kappa shape index (κ1) is 23.7. The summed E-state index contributed by atoms with van der Waals surface area (Å²) in [6, 6.07) is 21.9. The van der Waals surface area contributed by atoms with Crippen LogP contribution >= 0.6 is 24.0 Å². The van der Waals surface area contributed by atoms with E-state index in [1.807, 2.05) is 42.5 Å². The molecular formula is C23H24Cl2N2O3. The molecule has 0 fully saturated rings. The number of benzene rings is 3. The topological polar surface area (TPSA) is 81.6 Å². The van der Waals surface area contributed by atoms with Crippen LogP contribution in [0.4, 0.5) is 5.69 Å². The lowest BCUT2D eigenvalue weighted by atomic mass is 10.0. The summed E-state index contributed by atoms with van der Waals surface area (Å²) >= 11 is 5.94. The molecule has 4 N–H and O–H groups in total. The molecule has 158 valence electrons. The molecule has 0 unspecified atom stereocenters. The molecule has 5 nitrogen and oxygen atoms in total. The smallest absolute Gasteiger partial charge is 0.335 e. The fourth-order valence-corrected chi connectivity index (χ4v) is 3.18. The van der Waals surface area contributed by atoms with Gasteiger partial charge in [-0.05, 0) is 53.1 Å². The average Bonchev–Trinajstić information content (AvgIpc) is 2.74. The molecule has 1 atom stereocenters. The van der Waals surface area contributed by atoms with E-state index in [-0.39, 0.29) is 18.0 Å². The molecule has 30 heavy (non-hydrogen) atoms. The third-order valence-corrected chi connectivity index (χ3v) is 4.76. The zero-order chi connectivity index (χ0) is 20.6. The molecule has 0 radical (unpaired) electrons. The Balaban J connectivity index is 0.00000320. The molecule has 3 aromatic carbocycles. The van der Waals surface area contributed by atoms with Gasteiger partial charge in [-0.1, -0.05) is 48.0 Å². The van der Waals surface area contributed by atoms with Gasteiger partial charge in [0.2, 0.25) is 0 Å². The Morgan fingerprint density at radius 1 is 0.933 bits per heavy atom. The summed E-state index contributed by atoms with van der Waals surface area (Å²) in [7, 11) is 0. The largest absolute Gasteiger partial charge is 0.478 e. The summed E-state index contributed by atoms with van der Waals surface area (Å²) in [5.74, 6) is -0.932. The highest BCUT2D eigenvalue weighted by atomic mass is 35.5. The maximum absolute atomic E-state index is 11.1. The van der Waals surface area contributed by atoms with Crippen molar-refractivity contribution >= 4 is 35.7 Å².